The molecule has 1 aromatic carbocycles. The van der Waals surface area contributed by atoms with E-state index in [1.165, 1.54) is 23.2 Å². The number of hydrogen-bond acceptors (Lipinski definition) is 8. The molecule has 33 heavy (non-hydrogen) atoms. The number of aliphatic carboxylic acids is 1. The van der Waals surface area contributed by atoms with E-state index >= 15 is 0 Å². The molecule has 11 heteroatoms. The zero-order valence-corrected chi connectivity index (χ0v) is 17.9. The number of rotatable bonds is 6. The van der Waals surface area contributed by atoms with Gasteiger partial charge in [0, 0.05) is 18.3 Å². The van der Waals surface area contributed by atoms with Crippen LogP contribution in [0.1, 0.15) is 26.0 Å². The highest BCUT2D eigenvalue weighted by Gasteiger charge is 2.41. The van der Waals surface area contributed by atoms with Crippen LogP contribution < -0.4 is 4.90 Å². The highest BCUT2D eigenvalue weighted by Crippen LogP contribution is 2.35. The zero-order valence-electron chi connectivity index (χ0n) is 17.9. The Morgan fingerprint density at radius 3 is 2.61 bits per heavy atom. The summed E-state index contributed by atoms with van der Waals surface area (Å²) < 4.78 is 24.8. The third-order valence-electron chi connectivity index (χ3n) is 5.26. The Morgan fingerprint density at radius 1 is 1.30 bits per heavy atom. The van der Waals surface area contributed by atoms with Crippen LogP contribution >= 0.6 is 0 Å². The van der Waals surface area contributed by atoms with Crippen LogP contribution in [0.4, 0.5) is 10.3 Å². The number of imidazole rings is 1. The number of anilines is 1. The third-order valence-corrected chi connectivity index (χ3v) is 5.26. The molecule has 0 unspecified atom stereocenters. The lowest BCUT2D eigenvalue weighted by Gasteiger charge is -2.33. The van der Waals surface area contributed by atoms with Gasteiger partial charge in [0.05, 0.1) is 30.3 Å². The maximum absolute atomic E-state index is 13.5. The molecule has 10 nitrogen and oxygen atoms in total. The monoisotopic (exact) mass is 452 g/mol. The second-order valence-corrected chi connectivity index (χ2v) is 7.76. The van der Waals surface area contributed by atoms with Gasteiger partial charge in [-0.2, -0.15) is 5.26 Å². The fraction of sp³-hybridized carbons (Fsp3) is 0.318. The topological polar surface area (TPSA) is 137 Å². The average molecular weight is 452 g/mol. The summed E-state index contributed by atoms with van der Waals surface area (Å²) in [5.41, 5.74) is 0.876. The van der Waals surface area contributed by atoms with Gasteiger partial charge >= 0.3 is 5.97 Å². The van der Waals surface area contributed by atoms with E-state index in [0.717, 1.165) is 0 Å². The number of hydrogen-bond donors (Lipinski definition) is 2. The van der Waals surface area contributed by atoms with E-state index in [1.54, 1.807) is 32.0 Å². The van der Waals surface area contributed by atoms with Crippen LogP contribution in [0.2, 0.25) is 0 Å². The molecule has 0 bridgehead atoms. The van der Waals surface area contributed by atoms with E-state index in [4.69, 9.17) is 9.47 Å². The number of H-pyrrole nitrogens is 1. The Labute approximate surface area is 188 Å². The van der Waals surface area contributed by atoms with E-state index in [2.05, 4.69) is 19.9 Å². The van der Waals surface area contributed by atoms with Crippen molar-refractivity contribution in [1.82, 2.24) is 19.9 Å². The fourth-order valence-electron chi connectivity index (χ4n) is 3.27. The summed E-state index contributed by atoms with van der Waals surface area (Å²) in [5, 5.41) is 18.7. The molecule has 0 spiro atoms. The predicted molar refractivity (Wildman–Crippen MR) is 114 cm³/mol. The lowest BCUT2D eigenvalue weighted by atomic mass is 9.92. The smallest absolute Gasteiger partial charge is 0.314 e. The molecule has 1 fully saturated rings. The summed E-state index contributed by atoms with van der Waals surface area (Å²) in [6.07, 6.45) is 2.63. The number of carboxylic acids is 1. The largest absolute Gasteiger partial charge is 0.481 e. The van der Waals surface area contributed by atoms with Gasteiger partial charge in [-0.25, -0.2) is 24.2 Å². The molecule has 0 radical (unpaired) electrons. The number of ether oxygens (including phenoxy) is 2. The third kappa shape index (κ3) is 4.39. The molecular formula is C22H21FN6O4. The summed E-state index contributed by atoms with van der Waals surface area (Å²) >= 11 is 0. The molecule has 2 aromatic heterocycles. The number of nitrogens with one attached hydrogen (secondary N) is 1. The number of nitriles is 1. The van der Waals surface area contributed by atoms with Gasteiger partial charge in [-0.05, 0) is 44.2 Å². The standard InChI is InChI=1S/C22H21FN6O4/c1-3-29(12-24)21-25-9-8-15(26-21)17-16(13-4-6-14(23)7-5-13)27-18(28-17)19-32-10-22(2,11-33-19)20(30)31/h4-9,19H,3,10-11H2,1-2H3,(H,27,28)(H,30,31). The second kappa shape index (κ2) is 8.93. The van der Waals surface area contributed by atoms with Crippen molar-refractivity contribution < 1.29 is 23.8 Å². The fourth-order valence-corrected chi connectivity index (χ4v) is 3.27. The number of benzene rings is 1. The molecule has 3 aromatic rings. The van der Waals surface area contributed by atoms with Gasteiger partial charge in [0.1, 0.15) is 11.2 Å². The number of aromatic amines is 1. The van der Waals surface area contributed by atoms with Crippen molar-refractivity contribution >= 4 is 11.9 Å². The van der Waals surface area contributed by atoms with Crippen molar-refractivity contribution in [2.75, 3.05) is 24.7 Å². The van der Waals surface area contributed by atoms with Crippen LogP contribution in [-0.4, -0.2) is 50.8 Å². The van der Waals surface area contributed by atoms with Crippen LogP contribution in [0.25, 0.3) is 22.6 Å². The first-order chi connectivity index (χ1) is 15.8. The Kier molecular flexibility index (Phi) is 6.04. The number of nitrogens with zero attached hydrogens (tertiary/aromatic N) is 5. The van der Waals surface area contributed by atoms with Crippen LogP contribution in [0.15, 0.2) is 36.5 Å². The molecule has 0 amide bonds. The molecule has 3 heterocycles. The Balaban J connectivity index is 1.75. The van der Waals surface area contributed by atoms with Crippen LogP contribution in [0.3, 0.4) is 0 Å². The molecule has 0 atom stereocenters. The zero-order chi connectivity index (χ0) is 23.6. The summed E-state index contributed by atoms with van der Waals surface area (Å²) in [4.78, 5) is 29.2. The molecule has 4 rings (SSSR count). The predicted octanol–water partition coefficient (Wildman–Crippen LogP) is 3.12. The summed E-state index contributed by atoms with van der Waals surface area (Å²) in [5.74, 6) is -0.870. The SMILES string of the molecule is CCN(C#N)c1nccc(-c2[nH]c(C3OCC(C)(C(=O)O)CO3)nc2-c2ccc(F)cc2)n1. The van der Waals surface area contributed by atoms with Crippen molar-refractivity contribution in [3.05, 3.63) is 48.2 Å². The molecule has 1 saturated heterocycles. The lowest BCUT2D eigenvalue weighted by molar-refractivity contribution is -0.236. The van der Waals surface area contributed by atoms with Crippen LogP contribution in [-0.2, 0) is 14.3 Å². The van der Waals surface area contributed by atoms with Crippen molar-refractivity contribution in [3.8, 4) is 28.8 Å². The molecule has 1 aliphatic rings. The van der Waals surface area contributed by atoms with E-state index in [9.17, 15) is 19.6 Å². The second-order valence-electron chi connectivity index (χ2n) is 7.76. The maximum atomic E-state index is 13.5. The first-order valence-electron chi connectivity index (χ1n) is 10.2. The minimum Gasteiger partial charge on any atom is -0.481 e. The van der Waals surface area contributed by atoms with E-state index in [1.807, 2.05) is 6.19 Å². The molecule has 2 N–H and O–H groups in total. The van der Waals surface area contributed by atoms with Crippen molar-refractivity contribution in [2.24, 2.45) is 5.41 Å². The molecule has 1 aliphatic heterocycles. The first-order valence-corrected chi connectivity index (χ1v) is 10.2. The van der Waals surface area contributed by atoms with E-state index < -0.39 is 17.7 Å². The Morgan fingerprint density at radius 2 is 2.00 bits per heavy atom. The van der Waals surface area contributed by atoms with Crippen molar-refractivity contribution in [2.45, 2.75) is 20.1 Å². The van der Waals surface area contributed by atoms with Gasteiger partial charge in [-0.1, -0.05) is 0 Å². The minimum absolute atomic E-state index is 0.0554. The molecule has 0 saturated carbocycles. The quantitative estimate of drug-likeness (QED) is 0.427. The number of carboxylic acid groups (broad SMARTS) is 1. The number of carbonyl (C=O) groups is 1. The molecular weight excluding hydrogens is 431 g/mol. The van der Waals surface area contributed by atoms with Gasteiger partial charge in [-0.15, -0.1) is 0 Å². The highest BCUT2D eigenvalue weighted by atomic mass is 19.1. The average Bonchev–Trinajstić information content (AvgIpc) is 3.26. The highest BCUT2D eigenvalue weighted by molar-refractivity contribution is 5.77. The van der Waals surface area contributed by atoms with Crippen LogP contribution in [0.5, 0.6) is 0 Å². The van der Waals surface area contributed by atoms with Gasteiger partial charge in [0.25, 0.3) is 0 Å². The Bertz CT molecular complexity index is 1200. The van der Waals surface area contributed by atoms with E-state index in [0.29, 0.717) is 35.0 Å². The van der Waals surface area contributed by atoms with Gasteiger partial charge in [0.2, 0.25) is 12.2 Å². The first kappa shape index (κ1) is 22.3. The summed E-state index contributed by atoms with van der Waals surface area (Å²) in [7, 11) is 0. The summed E-state index contributed by atoms with van der Waals surface area (Å²) in [6.45, 7) is 3.63. The van der Waals surface area contributed by atoms with Crippen molar-refractivity contribution in [1.29, 1.82) is 5.26 Å². The summed E-state index contributed by atoms with van der Waals surface area (Å²) in [6, 6.07) is 7.46. The van der Waals surface area contributed by atoms with Crippen LogP contribution in [0, 0.1) is 22.7 Å². The lowest BCUT2D eigenvalue weighted by Crippen LogP contribution is -2.42. The van der Waals surface area contributed by atoms with Crippen molar-refractivity contribution in [3.63, 3.8) is 0 Å². The number of aromatic nitrogens is 4. The van der Waals surface area contributed by atoms with Gasteiger partial charge in [-0.3, -0.25) is 4.79 Å². The van der Waals surface area contributed by atoms with Gasteiger partial charge in [0.15, 0.2) is 12.0 Å². The van der Waals surface area contributed by atoms with Gasteiger partial charge < -0.3 is 19.6 Å². The number of halogens is 1. The molecule has 0 aliphatic carbocycles. The maximum Gasteiger partial charge on any atom is 0.314 e. The molecule has 170 valence electrons. The normalized spacial score (nSPS) is 20.2. The Hall–Kier alpha value is -3.88. The van der Waals surface area contributed by atoms with E-state index in [-0.39, 0.29) is 25.0 Å². The minimum atomic E-state index is -1.16.